The van der Waals surface area contributed by atoms with Crippen molar-refractivity contribution in [2.24, 2.45) is 7.05 Å². The van der Waals surface area contributed by atoms with Crippen LogP contribution in [-0.4, -0.2) is 26.1 Å². The van der Waals surface area contributed by atoms with Crippen molar-refractivity contribution in [3.8, 4) is 0 Å². The van der Waals surface area contributed by atoms with E-state index in [0.29, 0.717) is 5.95 Å². The molecule has 3 N–H and O–H groups in total. The van der Waals surface area contributed by atoms with Crippen LogP contribution < -0.4 is 11.1 Å². The molecule has 0 aliphatic heterocycles. The first-order chi connectivity index (χ1) is 10.2. The molecule has 6 nitrogen and oxygen atoms in total. The predicted molar refractivity (Wildman–Crippen MR) is 86.6 cm³/mol. The monoisotopic (exact) mass is 302 g/mol. The number of imidazole rings is 1. The number of hydrogen-bond donors (Lipinski definition) is 2. The highest BCUT2D eigenvalue weighted by Gasteiger charge is 2.10. The Kier molecular flexibility index (Phi) is 3.74. The van der Waals surface area contributed by atoms with E-state index in [1.54, 1.807) is 11.3 Å². The van der Waals surface area contributed by atoms with Crippen LogP contribution in [0.25, 0.3) is 10.2 Å². The minimum Gasteiger partial charge on any atom is -0.369 e. The van der Waals surface area contributed by atoms with Gasteiger partial charge < -0.3 is 15.6 Å². The van der Waals surface area contributed by atoms with Gasteiger partial charge in [0.15, 0.2) is 0 Å². The Morgan fingerprint density at radius 1 is 1.38 bits per heavy atom. The maximum absolute atomic E-state index is 5.79. The van der Waals surface area contributed by atoms with Gasteiger partial charge in [0.25, 0.3) is 0 Å². The quantitative estimate of drug-likeness (QED) is 0.755. The summed E-state index contributed by atoms with van der Waals surface area (Å²) in [6.45, 7) is 2.89. The Labute approximate surface area is 127 Å². The Balaban J connectivity index is 1.79. The molecule has 0 unspecified atom stereocenters. The number of aromatic nitrogens is 4. The highest BCUT2D eigenvalue weighted by molar-refractivity contribution is 7.18. The predicted octanol–water partition coefficient (Wildman–Crippen LogP) is 2.22. The third kappa shape index (κ3) is 2.82. The second kappa shape index (κ2) is 5.69. The molecule has 0 saturated carbocycles. The molecule has 3 heterocycles. The topological polar surface area (TPSA) is 81.7 Å². The Morgan fingerprint density at radius 3 is 2.95 bits per heavy atom. The smallest absolute Gasteiger partial charge is 0.223 e. The van der Waals surface area contributed by atoms with Crippen molar-refractivity contribution >= 4 is 33.3 Å². The van der Waals surface area contributed by atoms with Gasteiger partial charge >= 0.3 is 0 Å². The van der Waals surface area contributed by atoms with E-state index in [1.165, 1.54) is 4.88 Å². The zero-order valence-electron chi connectivity index (χ0n) is 12.1. The fraction of sp³-hybridized carbons (Fsp3) is 0.357. The minimum atomic E-state index is 0.312. The Bertz CT molecular complexity index is 760. The number of aryl methyl sites for hydroxylation is 2. The zero-order valence-corrected chi connectivity index (χ0v) is 12.9. The number of anilines is 2. The summed E-state index contributed by atoms with van der Waals surface area (Å²) in [7, 11) is 2.00. The van der Waals surface area contributed by atoms with E-state index in [0.717, 1.165) is 41.2 Å². The number of nitrogen functional groups attached to an aromatic ring is 1. The average Bonchev–Trinajstić information content (AvgIpc) is 3.05. The third-order valence-corrected chi connectivity index (χ3v) is 4.54. The van der Waals surface area contributed by atoms with Crippen molar-refractivity contribution in [2.75, 3.05) is 17.6 Å². The van der Waals surface area contributed by atoms with Crippen LogP contribution in [0, 0.1) is 0 Å². The van der Waals surface area contributed by atoms with Crippen LogP contribution in [0.1, 0.15) is 17.6 Å². The van der Waals surface area contributed by atoms with Crippen molar-refractivity contribution in [2.45, 2.75) is 19.8 Å². The highest BCUT2D eigenvalue weighted by Crippen LogP contribution is 2.29. The first-order valence-electron chi connectivity index (χ1n) is 6.93. The minimum absolute atomic E-state index is 0.312. The molecule has 0 spiro atoms. The molecule has 0 radical (unpaired) electrons. The first-order valence-corrected chi connectivity index (χ1v) is 7.75. The van der Waals surface area contributed by atoms with Crippen LogP contribution >= 0.6 is 11.3 Å². The van der Waals surface area contributed by atoms with Gasteiger partial charge in [-0.3, -0.25) is 0 Å². The summed E-state index contributed by atoms with van der Waals surface area (Å²) >= 11 is 1.67. The summed E-state index contributed by atoms with van der Waals surface area (Å²) in [5.41, 5.74) is 5.79. The maximum atomic E-state index is 5.79. The van der Waals surface area contributed by atoms with E-state index in [-0.39, 0.29) is 0 Å². The Hall–Kier alpha value is -2.15. The summed E-state index contributed by atoms with van der Waals surface area (Å²) in [4.78, 5) is 15.2. The third-order valence-electron chi connectivity index (χ3n) is 3.37. The van der Waals surface area contributed by atoms with Crippen LogP contribution in [0.4, 0.5) is 11.8 Å². The molecule has 0 aliphatic rings. The lowest BCUT2D eigenvalue weighted by Gasteiger charge is -2.07. The van der Waals surface area contributed by atoms with Gasteiger partial charge in [-0.15, -0.1) is 11.3 Å². The lowest BCUT2D eigenvalue weighted by atomic mass is 10.3. The van der Waals surface area contributed by atoms with Crippen LogP contribution in [0.2, 0.25) is 0 Å². The summed E-state index contributed by atoms with van der Waals surface area (Å²) in [5, 5.41) is 4.40. The Morgan fingerprint density at radius 2 is 2.24 bits per heavy atom. The van der Waals surface area contributed by atoms with E-state index in [4.69, 9.17) is 5.73 Å². The zero-order chi connectivity index (χ0) is 14.8. The molecule has 0 amide bonds. The van der Waals surface area contributed by atoms with Crippen molar-refractivity contribution in [1.29, 1.82) is 0 Å². The van der Waals surface area contributed by atoms with E-state index in [2.05, 4.69) is 33.3 Å². The molecule has 0 bridgehead atoms. The maximum Gasteiger partial charge on any atom is 0.223 e. The van der Waals surface area contributed by atoms with E-state index < -0.39 is 0 Å². The molecular formula is C14H18N6S. The van der Waals surface area contributed by atoms with Crippen LogP contribution in [0.15, 0.2) is 18.5 Å². The summed E-state index contributed by atoms with van der Waals surface area (Å²) in [6, 6.07) is 2.14. The second-order valence-corrected chi connectivity index (χ2v) is 5.96. The molecule has 0 fully saturated rings. The number of thiophene rings is 1. The highest BCUT2D eigenvalue weighted by atomic mass is 32.1. The lowest BCUT2D eigenvalue weighted by Crippen LogP contribution is -2.10. The molecule has 3 aromatic rings. The van der Waals surface area contributed by atoms with Crippen LogP contribution in [0.3, 0.4) is 0 Å². The van der Waals surface area contributed by atoms with Gasteiger partial charge in [-0.25, -0.2) is 9.97 Å². The number of nitrogens with zero attached hydrogens (tertiary/aromatic N) is 4. The van der Waals surface area contributed by atoms with Gasteiger partial charge in [-0.2, -0.15) is 4.98 Å². The number of rotatable bonds is 5. The molecule has 0 saturated heterocycles. The number of hydrogen-bond acceptors (Lipinski definition) is 6. The molecule has 0 aromatic carbocycles. The average molecular weight is 302 g/mol. The van der Waals surface area contributed by atoms with Crippen LogP contribution in [0.5, 0.6) is 0 Å². The fourth-order valence-corrected chi connectivity index (χ4v) is 3.20. The van der Waals surface area contributed by atoms with E-state index >= 15 is 0 Å². The molecule has 7 heteroatoms. The number of nitrogens with two attached hydrogens (primary N) is 1. The summed E-state index contributed by atoms with van der Waals surface area (Å²) in [6.07, 6.45) is 5.58. The van der Waals surface area contributed by atoms with Gasteiger partial charge in [0.05, 0.1) is 5.39 Å². The molecule has 110 valence electrons. The van der Waals surface area contributed by atoms with Crippen molar-refractivity contribution in [3.63, 3.8) is 0 Å². The van der Waals surface area contributed by atoms with E-state index in [9.17, 15) is 0 Å². The van der Waals surface area contributed by atoms with Crippen molar-refractivity contribution < 1.29 is 0 Å². The first kappa shape index (κ1) is 13.8. The molecule has 3 aromatic heterocycles. The van der Waals surface area contributed by atoms with Gasteiger partial charge in [0, 0.05) is 37.3 Å². The molecule has 21 heavy (non-hydrogen) atoms. The van der Waals surface area contributed by atoms with Gasteiger partial charge in [0.1, 0.15) is 16.5 Å². The number of nitrogens with one attached hydrogen (secondary N) is 1. The van der Waals surface area contributed by atoms with E-state index in [1.807, 2.05) is 24.0 Å². The molecule has 0 aliphatic carbocycles. The van der Waals surface area contributed by atoms with Gasteiger partial charge in [0.2, 0.25) is 5.95 Å². The fourth-order valence-electron chi connectivity index (χ4n) is 2.23. The number of fused-ring (bicyclic) bond motifs is 1. The molecular weight excluding hydrogens is 284 g/mol. The van der Waals surface area contributed by atoms with Crippen molar-refractivity contribution in [3.05, 3.63) is 29.2 Å². The lowest BCUT2D eigenvalue weighted by molar-refractivity contribution is 0.789. The second-order valence-electron chi connectivity index (χ2n) is 4.85. The summed E-state index contributed by atoms with van der Waals surface area (Å²) in [5.74, 6) is 2.16. The molecule has 0 atom stereocenters. The van der Waals surface area contributed by atoms with Gasteiger partial charge in [-0.1, -0.05) is 6.92 Å². The normalized spacial score (nSPS) is 11.1. The summed E-state index contributed by atoms with van der Waals surface area (Å²) < 4.78 is 2.02. The van der Waals surface area contributed by atoms with Gasteiger partial charge in [-0.05, 0) is 12.5 Å². The van der Waals surface area contributed by atoms with Crippen molar-refractivity contribution in [1.82, 2.24) is 19.5 Å². The standard InChI is InChI=1S/C14H18N6S/c1-3-9-8-10-12(18-14(15)19-13(10)21-9)17-5-4-11-16-6-7-20(11)2/h6-8H,3-5H2,1-2H3,(H3,15,17,18,19). The largest absolute Gasteiger partial charge is 0.369 e. The van der Waals surface area contributed by atoms with Crippen LogP contribution in [-0.2, 0) is 19.9 Å². The SMILES string of the molecule is CCc1cc2c(NCCc3nccn3C)nc(N)nc2s1. The molecule has 3 rings (SSSR count).